The van der Waals surface area contributed by atoms with Gasteiger partial charge in [0.2, 0.25) is 5.75 Å². The van der Waals surface area contributed by atoms with Crippen LogP contribution in [0, 0.1) is 6.92 Å². The molecule has 0 aliphatic carbocycles. The number of methoxy groups -OCH3 is 3. The number of ketones is 1. The maximum atomic E-state index is 12.6. The van der Waals surface area contributed by atoms with Crippen molar-refractivity contribution in [2.24, 2.45) is 0 Å². The number of esters is 1. The largest absolute Gasteiger partial charge is 0.493 e. The van der Waals surface area contributed by atoms with E-state index in [-0.39, 0.29) is 5.78 Å². The van der Waals surface area contributed by atoms with Gasteiger partial charge in [-0.1, -0.05) is 24.3 Å². The lowest BCUT2D eigenvalue weighted by molar-refractivity contribution is 0.0734. The zero-order chi connectivity index (χ0) is 23.1. The van der Waals surface area contributed by atoms with Crippen LogP contribution in [-0.4, -0.2) is 33.1 Å². The van der Waals surface area contributed by atoms with Gasteiger partial charge >= 0.3 is 5.97 Å². The quantitative estimate of drug-likeness (QED) is 0.213. The fraction of sp³-hybridized carbons (Fsp3) is 0.154. The highest BCUT2D eigenvalue weighted by Gasteiger charge is 2.13. The van der Waals surface area contributed by atoms with Gasteiger partial charge in [-0.3, -0.25) is 4.79 Å². The third-order valence-corrected chi connectivity index (χ3v) is 4.83. The second-order valence-corrected chi connectivity index (χ2v) is 6.89. The molecule has 0 saturated heterocycles. The molecule has 0 fully saturated rings. The number of carbonyl (C=O) groups excluding carboxylic acids is 2. The fourth-order valence-corrected chi connectivity index (χ4v) is 3.12. The van der Waals surface area contributed by atoms with Gasteiger partial charge in [-0.05, 0) is 66.6 Å². The van der Waals surface area contributed by atoms with Gasteiger partial charge < -0.3 is 18.9 Å². The highest BCUT2D eigenvalue weighted by atomic mass is 16.5. The topological polar surface area (TPSA) is 71.1 Å². The van der Waals surface area contributed by atoms with Crippen molar-refractivity contribution in [3.63, 3.8) is 0 Å². The zero-order valence-corrected chi connectivity index (χ0v) is 18.4. The molecule has 0 heterocycles. The molecule has 3 rings (SSSR count). The number of benzene rings is 3. The van der Waals surface area contributed by atoms with Crippen LogP contribution >= 0.6 is 0 Å². The highest BCUT2D eigenvalue weighted by molar-refractivity contribution is 6.07. The Morgan fingerprint density at radius 3 is 2.00 bits per heavy atom. The number of carbonyl (C=O) groups is 2. The summed E-state index contributed by atoms with van der Waals surface area (Å²) in [7, 11) is 4.59. The van der Waals surface area contributed by atoms with Gasteiger partial charge in [0.15, 0.2) is 17.3 Å². The third-order valence-electron chi connectivity index (χ3n) is 4.83. The number of allylic oxidation sites excluding steroid dienone is 1. The Bertz CT molecular complexity index is 1120. The van der Waals surface area contributed by atoms with E-state index < -0.39 is 5.97 Å². The maximum absolute atomic E-state index is 12.6. The van der Waals surface area contributed by atoms with E-state index in [4.69, 9.17) is 18.9 Å². The minimum absolute atomic E-state index is 0.199. The smallest absolute Gasteiger partial charge is 0.343 e. The molecule has 0 saturated carbocycles. The molecular weight excluding hydrogens is 408 g/mol. The first-order valence-electron chi connectivity index (χ1n) is 9.87. The van der Waals surface area contributed by atoms with Gasteiger partial charge in [-0.15, -0.1) is 0 Å². The van der Waals surface area contributed by atoms with E-state index >= 15 is 0 Å². The van der Waals surface area contributed by atoms with Gasteiger partial charge in [-0.25, -0.2) is 4.79 Å². The molecule has 164 valence electrons. The molecule has 0 radical (unpaired) electrons. The lowest BCUT2D eigenvalue weighted by Crippen LogP contribution is -2.10. The Labute approximate surface area is 187 Å². The minimum atomic E-state index is -0.440. The van der Waals surface area contributed by atoms with E-state index in [9.17, 15) is 9.59 Å². The molecule has 0 spiro atoms. The molecule has 0 unspecified atom stereocenters. The third kappa shape index (κ3) is 5.16. The minimum Gasteiger partial charge on any atom is -0.493 e. The van der Waals surface area contributed by atoms with E-state index in [1.165, 1.54) is 27.4 Å². The molecule has 0 aromatic heterocycles. The monoisotopic (exact) mass is 432 g/mol. The van der Waals surface area contributed by atoms with Gasteiger partial charge in [0.05, 0.1) is 26.9 Å². The summed E-state index contributed by atoms with van der Waals surface area (Å²) in [5, 5.41) is 0. The van der Waals surface area contributed by atoms with Crippen molar-refractivity contribution >= 4 is 17.8 Å². The van der Waals surface area contributed by atoms with Crippen LogP contribution in [-0.2, 0) is 0 Å². The predicted octanol–water partition coefficient (Wildman–Crippen LogP) is 5.14. The van der Waals surface area contributed by atoms with E-state index in [0.29, 0.717) is 34.1 Å². The molecule has 0 atom stereocenters. The predicted molar refractivity (Wildman–Crippen MR) is 122 cm³/mol. The average Bonchev–Trinajstić information content (AvgIpc) is 2.82. The summed E-state index contributed by atoms with van der Waals surface area (Å²) < 4.78 is 21.4. The molecule has 0 N–H and O–H groups in total. The van der Waals surface area contributed by atoms with E-state index in [0.717, 1.165) is 11.1 Å². The van der Waals surface area contributed by atoms with Crippen LogP contribution in [0.1, 0.15) is 31.8 Å². The Morgan fingerprint density at radius 2 is 1.44 bits per heavy atom. The van der Waals surface area contributed by atoms with Crippen molar-refractivity contribution in [2.75, 3.05) is 21.3 Å². The average molecular weight is 432 g/mol. The van der Waals surface area contributed by atoms with Crippen LogP contribution in [0.5, 0.6) is 23.0 Å². The molecule has 0 aliphatic rings. The SMILES string of the molecule is COc1cc(C=CC(=O)c2ccc(OC(=O)c3ccccc3C)cc2)cc(OC)c1OC. The number of ether oxygens (including phenoxy) is 4. The Hall–Kier alpha value is -4.06. The number of rotatable bonds is 8. The number of aryl methyl sites for hydroxylation is 1. The van der Waals surface area contributed by atoms with Crippen molar-refractivity contribution < 1.29 is 28.5 Å². The Morgan fingerprint density at radius 1 is 0.812 bits per heavy atom. The van der Waals surface area contributed by atoms with Gasteiger partial charge in [0.25, 0.3) is 0 Å². The summed E-state index contributed by atoms with van der Waals surface area (Å²) >= 11 is 0. The second kappa shape index (κ2) is 10.3. The molecule has 3 aromatic carbocycles. The lowest BCUT2D eigenvalue weighted by atomic mass is 10.1. The summed E-state index contributed by atoms with van der Waals surface area (Å²) in [6.07, 6.45) is 3.12. The summed E-state index contributed by atoms with van der Waals surface area (Å²) in [5.74, 6) is 1.20. The van der Waals surface area contributed by atoms with Crippen LogP contribution in [0.3, 0.4) is 0 Å². The summed E-state index contributed by atoms with van der Waals surface area (Å²) in [6.45, 7) is 1.85. The molecule has 32 heavy (non-hydrogen) atoms. The number of hydrogen-bond acceptors (Lipinski definition) is 6. The van der Waals surface area contributed by atoms with Gasteiger partial charge in [0.1, 0.15) is 5.75 Å². The molecule has 6 nitrogen and oxygen atoms in total. The van der Waals surface area contributed by atoms with Crippen LogP contribution in [0.25, 0.3) is 6.08 Å². The zero-order valence-electron chi connectivity index (χ0n) is 18.4. The van der Waals surface area contributed by atoms with Crippen molar-refractivity contribution in [1.82, 2.24) is 0 Å². The van der Waals surface area contributed by atoms with E-state index in [2.05, 4.69) is 0 Å². The van der Waals surface area contributed by atoms with E-state index in [1.54, 1.807) is 54.6 Å². The summed E-state index contributed by atoms with van der Waals surface area (Å²) in [6, 6.07) is 17.1. The van der Waals surface area contributed by atoms with Gasteiger partial charge in [0, 0.05) is 5.56 Å². The second-order valence-electron chi connectivity index (χ2n) is 6.89. The van der Waals surface area contributed by atoms with Crippen LogP contribution < -0.4 is 18.9 Å². The normalized spacial score (nSPS) is 10.6. The van der Waals surface area contributed by atoms with Crippen molar-refractivity contribution in [2.45, 2.75) is 6.92 Å². The maximum Gasteiger partial charge on any atom is 0.343 e. The molecule has 0 aliphatic heterocycles. The highest BCUT2D eigenvalue weighted by Crippen LogP contribution is 2.38. The van der Waals surface area contributed by atoms with Gasteiger partial charge in [-0.2, -0.15) is 0 Å². The Balaban J connectivity index is 1.72. The number of hydrogen-bond donors (Lipinski definition) is 0. The fourth-order valence-electron chi connectivity index (χ4n) is 3.12. The summed E-state index contributed by atoms with van der Waals surface area (Å²) in [5.41, 5.74) is 2.52. The first kappa shape index (κ1) is 22.6. The molecule has 0 amide bonds. The van der Waals surface area contributed by atoms with Crippen LogP contribution in [0.2, 0.25) is 0 Å². The standard InChI is InChI=1S/C26H24O6/c1-17-7-5-6-8-21(17)26(28)32-20-12-10-19(11-13-20)22(27)14-9-18-15-23(29-2)25(31-4)24(16-18)30-3/h5-16H,1-4H3. The lowest BCUT2D eigenvalue weighted by Gasteiger charge is -2.12. The molecule has 6 heteroatoms. The first-order valence-corrected chi connectivity index (χ1v) is 9.87. The van der Waals surface area contributed by atoms with E-state index in [1.807, 2.05) is 19.1 Å². The molecule has 3 aromatic rings. The molecular formula is C26H24O6. The molecule has 0 bridgehead atoms. The van der Waals surface area contributed by atoms with Crippen LogP contribution in [0.15, 0.2) is 66.7 Å². The first-order chi connectivity index (χ1) is 15.5. The Kier molecular flexibility index (Phi) is 7.29. The summed E-state index contributed by atoms with van der Waals surface area (Å²) in [4.78, 5) is 24.9. The van der Waals surface area contributed by atoms with Crippen molar-refractivity contribution in [1.29, 1.82) is 0 Å². The van der Waals surface area contributed by atoms with Crippen molar-refractivity contribution in [3.05, 3.63) is 89.0 Å². The van der Waals surface area contributed by atoms with Crippen molar-refractivity contribution in [3.8, 4) is 23.0 Å². The van der Waals surface area contributed by atoms with Crippen LogP contribution in [0.4, 0.5) is 0 Å².